The van der Waals surface area contributed by atoms with E-state index in [2.05, 4.69) is 48.3 Å². The molecule has 0 aromatic carbocycles. The van der Waals surface area contributed by atoms with E-state index in [4.69, 9.17) is 0 Å². The molecular weight excluding hydrogens is 238 g/mol. The summed E-state index contributed by atoms with van der Waals surface area (Å²) in [6.07, 6.45) is 4.70. The molecular formula is C14H27N5. The lowest BCUT2D eigenvalue weighted by molar-refractivity contribution is 0.206. The number of nitrogens with zero attached hydrogens (tertiary/aromatic N) is 4. The minimum atomic E-state index is 0.0112. The second kappa shape index (κ2) is 6.01. The van der Waals surface area contributed by atoms with E-state index in [-0.39, 0.29) is 5.54 Å². The van der Waals surface area contributed by atoms with Gasteiger partial charge in [-0.3, -0.25) is 0 Å². The highest BCUT2D eigenvalue weighted by Gasteiger charge is 2.17. The van der Waals surface area contributed by atoms with E-state index >= 15 is 0 Å². The molecule has 2 heterocycles. The zero-order chi connectivity index (χ0) is 13.9. The first kappa shape index (κ1) is 14.5. The molecule has 19 heavy (non-hydrogen) atoms. The molecule has 108 valence electrons. The van der Waals surface area contributed by atoms with Crippen molar-refractivity contribution in [3.05, 3.63) is 11.9 Å². The van der Waals surface area contributed by atoms with Gasteiger partial charge in [0.15, 0.2) is 0 Å². The summed E-state index contributed by atoms with van der Waals surface area (Å²) >= 11 is 0. The van der Waals surface area contributed by atoms with Gasteiger partial charge in [0.05, 0.1) is 17.4 Å². The van der Waals surface area contributed by atoms with Crippen LogP contribution < -0.4 is 5.32 Å². The summed E-state index contributed by atoms with van der Waals surface area (Å²) in [4.78, 5) is 2.42. The number of hydrogen-bond donors (Lipinski definition) is 1. The number of rotatable bonds is 4. The van der Waals surface area contributed by atoms with Crippen LogP contribution in [0.3, 0.4) is 0 Å². The lowest BCUT2D eigenvalue weighted by atomic mass is 9.98. The number of aromatic nitrogens is 3. The fraction of sp³-hybridized carbons (Fsp3) is 0.857. The van der Waals surface area contributed by atoms with Crippen molar-refractivity contribution < 1.29 is 0 Å². The lowest BCUT2D eigenvalue weighted by Crippen LogP contribution is -2.37. The summed E-state index contributed by atoms with van der Waals surface area (Å²) in [5.74, 6) is 0.774. The van der Waals surface area contributed by atoms with Crippen molar-refractivity contribution in [2.45, 2.75) is 45.7 Å². The third-order valence-electron chi connectivity index (χ3n) is 3.69. The average Bonchev–Trinajstić information content (AvgIpc) is 2.77. The number of hydrogen-bond acceptors (Lipinski definition) is 4. The van der Waals surface area contributed by atoms with Gasteiger partial charge in [0.25, 0.3) is 0 Å². The fourth-order valence-electron chi connectivity index (χ4n) is 2.55. The quantitative estimate of drug-likeness (QED) is 0.895. The maximum atomic E-state index is 4.22. The number of piperidine rings is 1. The Morgan fingerprint density at radius 3 is 2.84 bits per heavy atom. The van der Waals surface area contributed by atoms with Crippen LogP contribution in [-0.4, -0.2) is 46.6 Å². The highest BCUT2D eigenvalue weighted by Crippen LogP contribution is 2.14. The van der Waals surface area contributed by atoms with Crippen molar-refractivity contribution in [1.29, 1.82) is 0 Å². The topological polar surface area (TPSA) is 46.0 Å². The van der Waals surface area contributed by atoms with Gasteiger partial charge in [-0.05, 0) is 59.7 Å². The molecule has 2 rings (SSSR count). The Kier molecular flexibility index (Phi) is 4.58. The first-order valence-corrected chi connectivity index (χ1v) is 7.26. The van der Waals surface area contributed by atoms with E-state index in [0.717, 1.165) is 24.7 Å². The molecule has 1 aromatic rings. The summed E-state index contributed by atoms with van der Waals surface area (Å²) in [6.45, 7) is 10.8. The van der Waals surface area contributed by atoms with E-state index in [0.29, 0.717) is 0 Å². The third kappa shape index (κ3) is 4.28. The van der Waals surface area contributed by atoms with E-state index in [9.17, 15) is 0 Å². The van der Waals surface area contributed by atoms with Crippen LogP contribution in [-0.2, 0) is 12.1 Å². The van der Waals surface area contributed by atoms with Crippen molar-refractivity contribution in [2.75, 3.05) is 26.7 Å². The van der Waals surface area contributed by atoms with Crippen LogP contribution >= 0.6 is 0 Å². The number of likely N-dealkylation sites (tertiary alicyclic amines) is 1. The predicted octanol–water partition coefficient (Wildman–Crippen LogP) is 1.46. The Morgan fingerprint density at radius 2 is 2.21 bits per heavy atom. The minimum Gasteiger partial charge on any atom is -0.311 e. The van der Waals surface area contributed by atoms with Crippen LogP contribution in [0.25, 0.3) is 0 Å². The normalized spacial score (nSPS) is 21.8. The van der Waals surface area contributed by atoms with Crippen molar-refractivity contribution in [1.82, 2.24) is 25.2 Å². The summed E-state index contributed by atoms with van der Waals surface area (Å²) < 4.78 is 1.93. The third-order valence-corrected chi connectivity index (χ3v) is 3.69. The molecule has 0 saturated carbocycles. The van der Waals surface area contributed by atoms with Gasteiger partial charge < -0.3 is 10.2 Å². The van der Waals surface area contributed by atoms with E-state index < -0.39 is 0 Å². The summed E-state index contributed by atoms with van der Waals surface area (Å²) in [6, 6.07) is 0. The smallest absolute Gasteiger partial charge is 0.0965 e. The predicted molar refractivity (Wildman–Crippen MR) is 76.9 cm³/mol. The Morgan fingerprint density at radius 1 is 1.42 bits per heavy atom. The average molecular weight is 265 g/mol. The highest BCUT2D eigenvalue weighted by atomic mass is 15.4. The van der Waals surface area contributed by atoms with Gasteiger partial charge in [-0.25, -0.2) is 4.68 Å². The van der Waals surface area contributed by atoms with Gasteiger partial charge in [-0.1, -0.05) is 5.21 Å². The molecule has 0 bridgehead atoms. The van der Waals surface area contributed by atoms with Crippen molar-refractivity contribution in [2.24, 2.45) is 5.92 Å². The van der Waals surface area contributed by atoms with Crippen LogP contribution in [0.5, 0.6) is 0 Å². The molecule has 5 heteroatoms. The van der Waals surface area contributed by atoms with Gasteiger partial charge in [0, 0.05) is 13.1 Å². The Bertz CT molecular complexity index is 393. The molecule has 1 fully saturated rings. The SMILES string of the molecule is CN1CCCC(CNCc2cn(C(C)(C)C)nn2)C1. The highest BCUT2D eigenvalue weighted by molar-refractivity contribution is 4.94. The summed E-state index contributed by atoms with van der Waals surface area (Å²) in [5.41, 5.74) is 1.04. The molecule has 1 N–H and O–H groups in total. The molecule has 1 aliphatic heterocycles. The van der Waals surface area contributed by atoms with E-state index in [1.165, 1.54) is 25.9 Å². The molecule has 1 atom stereocenters. The summed E-state index contributed by atoms with van der Waals surface area (Å²) in [7, 11) is 2.21. The molecule has 0 spiro atoms. The molecule has 1 aliphatic rings. The van der Waals surface area contributed by atoms with Crippen LogP contribution in [0.4, 0.5) is 0 Å². The Labute approximate surface area is 116 Å². The first-order chi connectivity index (χ1) is 8.95. The van der Waals surface area contributed by atoms with Gasteiger partial charge in [-0.15, -0.1) is 5.10 Å². The van der Waals surface area contributed by atoms with Crippen molar-refractivity contribution in [3.8, 4) is 0 Å². The Balaban J connectivity index is 1.75. The maximum Gasteiger partial charge on any atom is 0.0965 e. The van der Waals surface area contributed by atoms with Crippen LogP contribution in [0.15, 0.2) is 6.20 Å². The monoisotopic (exact) mass is 265 g/mol. The van der Waals surface area contributed by atoms with Crippen LogP contribution in [0, 0.1) is 5.92 Å². The molecule has 5 nitrogen and oxygen atoms in total. The second-order valence-corrected chi connectivity index (χ2v) is 6.73. The van der Waals surface area contributed by atoms with Gasteiger partial charge in [0.2, 0.25) is 0 Å². The first-order valence-electron chi connectivity index (χ1n) is 7.26. The minimum absolute atomic E-state index is 0.0112. The zero-order valence-electron chi connectivity index (χ0n) is 12.7. The molecule has 1 saturated heterocycles. The summed E-state index contributed by atoms with van der Waals surface area (Å²) in [5, 5.41) is 11.9. The molecule has 1 aromatic heterocycles. The van der Waals surface area contributed by atoms with E-state index in [1.807, 2.05) is 10.9 Å². The van der Waals surface area contributed by atoms with Gasteiger partial charge in [-0.2, -0.15) is 0 Å². The molecule has 1 unspecified atom stereocenters. The van der Waals surface area contributed by atoms with E-state index in [1.54, 1.807) is 0 Å². The maximum absolute atomic E-state index is 4.22. The van der Waals surface area contributed by atoms with Crippen molar-refractivity contribution >= 4 is 0 Å². The fourth-order valence-corrected chi connectivity index (χ4v) is 2.55. The largest absolute Gasteiger partial charge is 0.311 e. The van der Waals surface area contributed by atoms with Crippen molar-refractivity contribution in [3.63, 3.8) is 0 Å². The number of nitrogens with one attached hydrogen (secondary N) is 1. The van der Waals surface area contributed by atoms with Gasteiger partial charge in [0.1, 0.15) is 0 Å². The van der Waals surface area contributed by atoms with Crippen LogP contribution in [0.1, 0.15) is 39.3 Å². The van der Waals surface area contributed by atoms with Gasteiger partial charge >= 0.3 is 0 Å². The Hall–Kier alpha value is -0.940. The molecule has 0 radical (unpaired) electrons. The standard InChI is InChI=1S/C14H27N5/c1-14(2,3)19-11-13(16-17-19)9-15-8-12-6-5-7-18(4)10-12/h11-12,15H,5-10H2,1-4H3. The second-order valence-electron chi connectivity index (χ2n) is 6.73. The molecule has 0 amide bonds. The lowest BCUT2D eigenvalue weighted by Gasteiger charge is -2.29. The van der Waals surface area contributed by atoms with Crippen LogP contribution in [0.2, 0.25) is 0 Å². The zero-order valence-corrected chi connectivity index (χ0v) is 12.7. The molecule has 0 aliphatic carbocycles.